The van der Waals surface area contributed by atoms with Gasteiger partial charge in [-0.2, -0.15) is 0 Å². The van der Waals surface area contributed by atoms with Crippen molar-refractivity contribution in [3.05, 3.63) is 59.7 Å². The molecule has 0 aromatic heterocycles. The summed E-state index contributed by atoms with van der Waals surface area (Å²) >= 11 is 0. The first-order valence-electron chi connectivity index (χ1n) is 5.40. The molecule has 0 saturated heterocycles. The summed E-state index contributed by atoms with van der Waals surface area (Å²) in [5, 5.41) is 9.07. The van der Waals surface area contributed by atoms with Crippen LogP contribution < -0.4 is 0 Å². The first-order chi connectivity index (χ1) is 8.59. The predicted molar refractivity (Wildman–Crippen MR) is 69.3 cm³/mol. The van der Waals surface area contributed by atoms with Gasteiger partial charge in [0.2, 0.25) is 0 Å². The molecule has 0 aliphatic heterocycles. The fourth-order valence-electron chi connectivity index (χ4n) is 1.59. The van der Waals surface area contributed by atoms with Crippen molar-refractivity contribution < 1.29 is 14.1 Å². The van der Waals surface area contributed by atoms with Gasteiger partial charge in [-0.1, -0.05) is 29.8 Å². The van der Waals surface area contributed by atoms with Crippen molar-refractivity contribution in [2.45, 2.75) is 16.7 Å². The molecule has 0 spiro atoms. The summed E-state index contributed by atoms with van der Waals surface area (Å²) in [7, 11) is -1.47. The Labute approximate surface area is 108 Å². The lowest BCUT2D eigenvalue weighted by Crippen LogP contribution is -2.04. The summed E-state index contributed by atoms with van der Waals surface area (Å²) in [4.78, 5) is 12.0. The third-order valence-corrected chi connectivity index (χ3v) is 4.01. The molecule has 18 heavy (non-hydrogen) atoms. The van der Waals surface area contributed by atoms with E-state index in [1.807, 2.05) is 19.1 Å². The van der Waals surface area contributed by atoms with E-state index in [0.29, 0.717) is 9.79 Å². The zero-order valence-corrected chi connectivity index (χ0v) is 10.6. The number of aryl methyl sites for hydroxylation is 1. The molecule has 0 radical (unpaired) electrons. The molecule has 2 aromatic carbocycles. The van der Waals surface area contributed by atoms with Crippen LogP contribution in [0.1, 0.15) is 15.9 Å². The molecule has 2 aromatic rings. The van der Waals surface area contributed by atoms with E-state index in [1.54, 1.807) is 30.3 Å². The zero-order valence-electron chi connectivity index (χ0n) is 9.79. The Morgan fingerprint density at radius 3 is 2.28 bits per heavy atom. The maximum Gasteiger partial charge on any atom is 0.336 e. The van der Waals surface area contributed by atoms with Crippen molar-refractivity contribution in [2.75, 3.05) is 0 Å². The van der Waals surface area contributed by atoms with Gasteiger partial charge in [0.25, 0.3) is 0 Å². The van der Waals surface area contributed by atoms with E-state index in [-0.39, 0.29) is 5.56 Å². The largest absolute Gasteiger partial charge is 0.478 e. The van der Waals surface area contributed by atoms with Crippen molar-refractivity contribution in [1.29, 1.82) is 0 Å². The van der Waals surface area contributed by atoms with Crippen LogP contribution in [0.5, 0.6) is 0 Å². The SMILES string of the molecule is Cc1ccc(S(=O)c2ccccc2C(=O)O)cc1. The van der Waals surface area contributed by atoms with Gasteiger partial charge in [-0.15, -0.1) is 0 Å². The minimum absolute atomic E-state index is 0.0800. The van der Waals surface area contributed by atoms with Crippen LogP contribution in [0.3, 0.4) is 0 Å². The monoisotopic (exact) mass is 260 g/mol. The first kappa shape index (κ1) is 12.5. The topological polar surface area (TPSA) is 54.4 Å². The number of benzene rings is 2. The van der Waals surface area contributed by atoms with Crippen molar-refractivity contribution in [2.24, 2.45) is 0 Å². The van der Waals surface area contributed by atoms with Gasteiger partial charge in [0.1, 0.15) is 0 Å². The lowest BCUT2D eigenvalue weighted by Gasteiger charge is -2.06. The van der Waals surface area contributed by atoms with Gasteiger partial charge >= 0.3 is 5.97 Å². The smallest absolute Gasteiger partial charge is 0.336 e. The normalized spacial score (nSPS) is 12.1. The van der Waals surface area contributed by atoms with E-state index >= 15 is 0 Å². The molecule has 0 heterocycles. The fraction of sp³-hybridized carbons (Fsp3) is 0.0714. The van der Waals surface area contributed by atoms with E-state index < -0.39 is 16.8 Å². The van der Waals surface area contributed by atoms with Gasteiger partial charge in [0.15, 0.2) is 0 Å². The van der Waals surface area contributed by atoms with Gasteiger partial charge < -0.3 is 5.11 Å². The van der Waals surface area contributed by atoms with Crippen molar-refractivity contribution in [1.82, 2.24) is 0 Å². The third-order valence-electron chi connectivity index (χ3n) is 2.55. The highest BCUT2D eigenvalue weighted by atomic mass is 32.2. The molecule has 0 amide bonds. The Bertz CT molecular complexity index is 603. The molecule has 4 heteroatoms. The second-order valence-corrected chi connectivity index (χ2v) is 5.33. The van der Waals surface area contributed by atoms with Crippen LogP contribution in [0.25, 0.3) is 0 Å². The van der Waals surface area contributed by atoms with Crippen LogP contribution >= 0.6 is 0 Å². The third kappa shape index (κ3) is 2.49. The highest BCUT2D eigenvalue weighted by Crippen LogP contribution is 2.20. The van der Waals surface area contributed by atoms with Crippen LogP contribution in [0.15, 0.2) is 58.3 Å². The van der Waals surface area contributed by atoms with E-state index in [9.17, 15) is 9.00 Å². The van der Waals surface area contributed by atoms with Gasteiger partial charge in [0, 0.05) is 4.90 Å². The second kappa shape index (κ2) is 5.14. The molecule has 0 fully saturated rings. The van der Waals surface area contributed by atoms with Crippen LogP contribution in [0.4, 0.5) is 0 Å². The van der Waals surface area contributed by atoms with Gasteiger partial charge in [0.05, 0.1) is 21.3 Å². The van der Waals surface area contributed by atoms with Crippen molar-refractivity contribution >= 4 is 16.8 Å². The number of carbonyl (C=O) groups is 1. The number of hydrogen-bond donors (Lipinski definition) is 1. The minimum Gasteiger partial charge on any atom is -0.478 e. The minimum atomic E-state index is -1.47. The number of carboxylic acids is 1. The highest BCUT2D eigenvalue weighted by molar-refractivity contribution is 7.85. The molecule has 0 bridgehead atoms. The highest BCUT2D eigenvalue weighted by Gasteiger charge is 2.15. The van der Waals surface area contributed by atoms with E-state index in [0.717, 1.165) is 5.56 Å². The van der Waals surface area contributed by atoms with Crippen LogP contribution in [0.2, 0.25) is 0 Å². The standard InChI is InChI=1S/C14H12O3S/c1-10-6-8-11(9-7-10)18(17)13-5-3-2-4-12(13)14(15)16/h2-9H,1H3,(H,15,16). The molecule has 1 N–H and O–H groups in total. The van der Waals surface area contributed by atoms with Crippen LogP contribution in [-0.2, 0) is 10.8 Å². The van der Waals surface area contributed by atoms with Gasteiger partial charge in [-0.05, 0) is 31.2 Å². The molecule has 1 unspecified atom stereocenters. The van der Waals surface area contributed by atoms with Gasteiger partial charge in [-0.25, -0.2) is 9.00 Å². The summed E-state index contributed by atoms with van der Waals surface area (Å²) in [5.74, 6) is -1.06. The molecular formula is C14H12O3S. The molecule has 92 valence electrons. The Hall–Kier alpha value is -1.94. The van der Waals surface area contributed by atoms with E-state index in [2.05, 4.69) is 0 Å². The maximum absolute atomic E-state index is 12.3. The zero-order chi connectivity index (χ0) is 13.1. The van der Waals surface area contributed by atoms with Crippen LogP contribution in [0, 0.1) is 6.92 Å². The average molecular weight is 260 g/mol. The second-order valence-electron chi connectivity index (χ2n) is 3.88. The van der Waals surface area contributed by atoms with Crippen LogP contribution in [-0.4, -0.2) is 15.3 Å². The Morgan fingerprint density at radius 1 is 1.06 bits per heavy atom. The molecule has 1 atom stereocenters. The maximum atomic E-state index is 12.3. The summed E-state index contributed by atoms with van der Waals surface area (Å²) < 4.78 is 12.3. The summed E-state index contributed by atoms with van der Waals surface area (Å²) in [6.07, 6.45) is 0. The average Bonchev–Trinajstić information content (AvgIpc) is 2.39. The lowest BCUT2D eigenvalue weighted by molar-refractivity contribution is 0.0693. The first-order valence-corrected chi connectivity index (χ1v) is 6.55. The quantitative estimate of drug-likeness (QED) is 0.923. The number of carboxylic acid groups (broad SMARTS) is 1. The lowest BCUT2D eigenvalue weighted by atomic mass is 10.2. The van der Waals surface area contributed by atoms with E-state index in [1.165, 1.54) is 6.07 Å². The molecule has 0 saturated carbocycles. The van der Waals surface area contributed by atoms with Gasteiger partial charge in [-0.3, -0.25) is 0 Å². The van der Waals surface area contributed by atoms with E-state index in [4.69, 9.17) is 5.11 Å². The van der Waals surface area contributed by atoms with Crippen molar-refractivity contribution in [3.63, 3.8) is 0 Å². The molecule has 3 nitrogen and oxygen atoms in total. The molecule has 0 aliphatic carbocycles. The fourth-order valence-corrected chi connectivity index (χ4v) is 2.79. The summed E-state index contributed by atoms with van der Waals surface area (Å²) in [5.41, 5.74) is 1.15. The molecular weight excluding hydrogens is 248 g/mol. The Balaban J connectivity index is 2.46. The Kier molecular flexibility index (Phi) is 3.58. The number of rotatable bonds is 3. The molecule has 0 aliphatic rings. The summed E-state index contributed by atoms with van der Waals surface area (Å²) in [6.45, 7) is 1.94. The number of hydrogen-bond acceptors (Lipinski definition) is 2. The number of aromatic carboxylic acids is 1. The van der Waals surface area contributed by atoms with Crippen molar-refractivity contribution in [3.8, 4) is 0 Å². The Morgan fingerprint density at radius 2 is 1.67 bits per heavy atom. The predicted octanol–water partition coefficient (Wildman–Crippen LogP) is 2.86. The summed E-state index contributed by atoms with van der Waals surface area (Å²) in [6, 6.07) is 13.6. The molecule has 2 rings (SSSR count).